The molecule has 1 aromatic carbocycles. The fourth-order valence-electron chi connectivity index (χ4n) is 1.01. The second-order valence-electron chi connectivity index (χ2n) is 2.90. The Morgan fingerprint density at radius 2 is 1.79 bits per heavy atom. The summed E-state index contributed by atoms with van der Waals surface area (Å²) in [5.41, 5.74) is 5.58. The first-order valence-corrected chi connectivity index (χ1v) is 3.97. The summed E-state index contributed by atoms with van der Waals surface area (Å²) < 4.78 is 0. The SMILES string of the molecule is NC(C(=O)O)C(O)c1ccc(O)cc1. The second kappa shape index (κ2) is 4.08. The molecule has 76 valence electrons. The number of phenolic OH excluding ortho intramolecular Hbond substituents is 1. The molecule has 2 unspecified atom stereocenters. The van der Waals surface area contributed by atoms with E-state index in [9.17, 15) is 9.90 Å². The third kappa shape index (κ3) is 2.21. The van der Waals surface area contributed by atoms with Crippen LogP contribution in [0.15, 0.2) is 24.3 Å². The van der Waals surface area contributed by atoms with Crippen molar-refractivity contribution in [2.24, 2.45) is 5.73 Å². The highest BCUT2D eigenvalue weighted by molar-refractivity contribution is 5.74. The molecular weight excluding hydrogens is 186 g/mol. The lowest BCUT2D eigenvalue weighted by Gasteiger charge is -2.14. The van der Waals surface area contributed by atoms with Crippen molar-refractivity contribution in [3.8, 4) is 5.75 Å². The minimum Gasteiger partial charge on any atom is -0.508 e. The van der Waals surface area contributed by atoms with Crippen molar-refractivity contribution < 1.29 is 20.1 Å². The summed E-state index contributed by atoms with van der Waals surface area (Å²) in [6, 6.07) is 4.19. The molecule has 1 aromatic rings. The van der Waals surface area contributed by atoms with Gasteiger partial charge in [0.25, 0.3) is 0 Å². The molecule has 14 heavy (non-hydrogen) atoms. The molecule has 0 aromatic heterocycles. The first-order valence-electron chi connectivity index (χ1n) is 3.97. The van der Waals surface area contributed by atoms with Gasteiger partial charge in [0.05, 0.1) is 0 Å². The van der Waals surface area contributed by atoms with Crippen LogP contribution in [0.3, 0.4) is 0 Å². The zero-order valence-electron chi connectivity index (χ0n) is 7.29. The summed E-state index contributed by atoms with van der Waals surface area (Å²) >= 11 is 0. The Kier molecular flexibility index (Phi) is 3.06. The molecule has 5 N–H and O–H groups in total. The first-order chi connectivity index (χ1) is 6.52. The van der Waals surface area contributed by atoms with Crippen LogP contribution < -0.4 is 5.73 Å². The van der Waals surface area contributed by atoms with Gasteiger partial charge < -0.3 is 21.1 Å². The highest BCUT2D eigenvalue weighted by atomic mass is 16.4. The molecule has 2 atom stereocenters. The van der Waals surface area contributed by atoms with Gasteiger partial charge in [-0.3, -0.25) is 4.79 Å². The molecule has 0 amide bonds. The van der Waals surface area contributed by atoms with Gasteiger partial charge >= 0.3 is 5.97 Å². The van der Waals surface area contributed by atoms with Gasteiger partial charge in [0.15, 0.2) is 0 Å². The zero-order chi connectivity index (χ0) is 10.7. The maximum atomic E-state index is 10.4. The molecule has 0 aliphatic heterocycles. The predicted octanol–water partition coefficient (Wildman–Crippen LogP) is -0.163. The van der Waals surface area contributed by atoms with Gasteiger partial charge in [0.2, 0.25) is 0 Å². The lowest BCUT2D eigenvalue weighted by Crippen LogP contribution is -2.36. The number of aliphatic hydroxyl groups is 1. The van der Waals surface area contributed by atoms with Crippen molar-refractivity contribution in [1.29, 1.82) is 0 Å². The van der Waals surface area contributed by atoms with Crippen LogP contribution in [0.5, 0.6) is 5.75 Å². The summed E-state index contributed by atoms with van der Waals surface area (Å²) in [6.45, 7) is 0. The molecule has 0 aliphatic rings. The molecule has 0 saturated heterocycles. The van der Waals surface area contributed by atoms with Gasteiger partial charge in [-0.15, -0.1) is 0 Å². The average Bonchev–Trinajstić information content (AvgIpc) is 2.16. The van der Waals surface area contributed by atoms with Gasteiger partial charge in [0, 0.05) is 0 Å². The van der Waals surface area contributed by atoms with Crippen LogP contribution in [0.2, 0.25) is 0 Å². The molecule has 0 radical (unpaired) electrons. The smallest absolute Gasteiger partial charge is 0.323 e. The largest absolute Gasteiger partial charge is 0.508 e. The van der Waals surface area contributed by atoms with Gasteiger partial charge in [0.1, 0.15) is 17.9 Å². The van der Waals surface area contributed by atoms with Crippen molar-refractivity contribution in [2.75, 3.05) is 0 Å². The third-order valence-electron chi connectivity index (χ3n) is 1.86. The van der Waals surface area contributed by atoms with Crippen molar-refractivity contribution in [3.05, 3.63) is 29.8 Å². The van der Waals surface area contributed by atoms with E-state index in [1.165, 1.54) is 24.3 Å². The number of carbonyl (C=O) groups is 1. The van der Waals surface area contributed by atoms with Crippen LogP contribution in [0.4, 0.5) is 0 Å². The van der Waals surface area contributed by atoms with Crippen LogP contribution in [0.25, 0.3) is 0 Å². The molecule has 0 fully saturated rings. The van der Waals surface area contributed by atoms with E-state index in [-0.39, 0.29) is 5.75 Å². The monoisotopic (exact) mass is 197 g/mol. The third-order valence-corrected chi connectivity index (χ3v) is 1.86. The lowest BCUT2D eigenvalue weighted by molar-refractivity contribution is -0.141. The van der Waals surface area contributed by atoms with Gasteiger partial charge in [-0.2, -0.15) is 0 Å². The van der Waals surface area contributed by atoms with Crippen LogP contribution in [0.1, 0.15) is 11.7 Å². The van der Waals surface area contributed by atoms with E-state index in [0.717, 1.165) is 0 Å². The number of hydrogen-bond donors (Lipinski definition) is 4. The Labute approximate surface area is 80.4 Å². The zero-order valence-corrected chi connectivity index (χ0v) is 7.29. The number of phenols is 1. The average molecular weight is 197 g/mol. The van der Waals surface area contributed by atoms with E-state index in [0.29, 0.717) is 5.56 Å². The molecule has 0 spiro atoms. The van der Waals surface area contributed by atoms with Crippen molar-refractivity contribution in [3.63, 3.8) is 0 Å². The normalized spacial score (nSPS) is 14.7. The Hall–Kier alpha value is -1.59. The fraction of sp³-hybridized carbons (Fsp3) is 0.222. The van der Waals surface area contributed by atoms with E-state index < -0.39 is 18.1 Å². The van der Waals surface area contributed by atoms with Gasteiger partial charge in [-0.05, 0) is 17.7 Å². The summed E-state index contributed by atoms with van der Waals surface area (Å²) in [5.74, 6) is -1.23. The molecular formula is C9H11NO4. The minimum absolute atomic E-state index is 0.0462. The molecule has 0 heterocycles. The van der Waals surface area contributed by atoms with E-state index >= 15 is 0 Å². The van der Waals surface area contributed by atoms with Crippen LogP contribution >= 0.6 is 0 Å². The Bertz CT molecular complexity index is 322. The van der Waals surface area contributed by atoms with E-state index in [1.54, 1.807) is 0 Å². The Morgan fingerprint density at radius 1 is 1.29 bits per heavy atom. The van der Waals surface area contributed by atoms with Crippen LogP contribution in [-0.2, 0) is 4.79 Å². The quantitative estimate of drug-likeness (QED) is 0.539. The van der Waals surface area contributed by atoms with E-state index in [4.69, 9.17) is 15.9 Å². The summed E-state index contributed by atoms with van der Waals surface area (Å²) in [4.78, 5) is 10.4. The topological polar surface area (TPSA) is 104 Å². The molecule has 0 saturated carbocycles. The summed E-state index contributed by atoms with van der Waals surface area (Å²) in [6.07, 6.45) is -1.27. The highest BCUT2D eigenvalue weighted by Gasteiger charge is 2.23. The number of carboxylic acid groups (broad SMARTS) is 1. The number of aromatic hydroxyl groups is 1. The number of rotatable bonds is 3. The standard InChI is InChI=1S/C9H11NO4/c10-7(9(13)14)8(12)5-1-3-6(11)4-2-5/h1-4,7-8,11-12H,10H2,(H,13,14). The molecule has 5 heteroatoms. The van der Waals surface area contributed by atoms with Gasteiger partial charge in [-0.25, -0.2) is 0 Å². The molecule has 1 rings (SSSR count). The van der Waals surface area contributed by atoms with Gasteiger partial charge in [-0.1, -0.05) is 12.1 Å². The van der Waals surface area contributed by atoms with Crippen LogP contribution in [-0.4, -0.2) is 27.3 Å². The predicted molar refractivity (Wildman–Crippen MR) is 48.7 cm³/mol. The number of carboxylic acids is 1. The lowest BCUT2D eigenvalue weighted by atomic mass is 10.0. The van der Waals surface area contributed by atoms with Crippen LogP contribution in [0, 0.1) is 0 Å². The maximum absolute atomic E-state index is 10.4. The van der Waals surface area contributed by atoms with Crippen molar-refractivity contribution in [1.82, 2.24) is 0 Å². The Balaban J connectivity index is 2.84. The Morgan fingerprint density at radius 3 is 2.21 bits per heavy atom. The van der Waals surface area contributed by atoms with E-state index in [2.05, 4.69) is 0 Å². The molecule has 0 aliphatic carbocycles. The maximum Gasteiger partial charge on any atom is 0.323 e. The molecule has 0 bridgehead atoms. The number of benzene rings is 1. The summed E-state index contributed by atoms with van der Waals surface area (Å²) in [7, 11) is 0. The van der Waals surface area contributed by atoms with Crippen molar-refractivity contribution in [2.45, 2.75) is 12.1 Å². The summed E-state index contributed by atoms with van der Waals surface area (Å²) in [5, 5.41) is 27.0. The number of nitrogens with two attached hydrogens (primary N) is 1. The fourth-order valence-corrected chi connectivity index (χ4v) is 1.01. The number of aliphatic hydroxyl groups excluding tert-OH is 1. The number of aliphatic carboxylic acids is 1. The first kappa shape index (κ1) is 10.5. The highest BCUT2D eigenvalue weighted by Crippen LogP contribution is 2.18. The van der Waals surface area contributed by atoms with E-state index in [1.807, 2.05) is 0 Å². The second-order valence-corrected chi connectivity index (χ2v) is 2.90. The van der Waals surface area contributed by atoms with Crippen molar-refractivity contribution >= 4 is 5.97 Å². The molecule has 5 nitrogen and oxygen atoms in total. The minimum atomic E-state index is -1.36. The number of hydrogen-bond acceptors (Lipinski definition) is 4.